The highest BCUT2D eigenvalue weighted by molar-refractivity contribution is 6.30. The molecule has 0 radical (unpaired) electrons. The molecular formula is C14H11ClFNO4. The van der Waals surface area contributed by atoms with Crippen molar-refractivity contribution >= 4 is 17.3 Å². The molecule has 0 heterocycles. The van der Waals surface area contributed by atoms with Gasteiger partial charge >= 0.3 is 0 Å². The van der Waals surface area contributed by atoms with Crippen molar-refractivity contribution in [1.29, 1.82) is 0 Å². The highest BCUT2D eigenvalue weighted by Gasteiger charge is 2.15. The number of benzene rings is 2. The first-order valence-electron chi connectivity index (χ1n) is 5.96. The van der Waals surface area contributed by atoms with Crippen molar-refractivity contribution < 1.29 is 19.2 Å². The fraction of sp³-hybridized carbons (Fsp3) is 0.143. The summed E-state index contributed by atoms with van der Waals surface area (Å²) >= 11 is 5.71. The second kappa shape index (κ2) is 6.51. The first kappa shape index (κ1) is 15.2. The Morgan fingerprint density at radius 2 is 2.05 bits per heavy atom. The van der Waals surface area contributed by atoms with E-state index in [0.29, 0.717) is 5.56 Å². The zero-order valence-electron chi connectivity index (χ0n) is 10.8. The zero-order valence-corrected chi connectivity index (χ0v) is 11.5. The van der Waals surface area contributed by atoms with Crippen LogP contribution in [0.15, 0.2) is 36.4 Å². The van der Waals surface area contributed by atoms with Gasteiger partial charge in [-0.25, -0.2) is 4.39 Å². The van der Waals surface area contributed by atoms with E-state index in [1.54, 1.807) is 0 Å². The molecule has 0 saturated heterocycles. The Morgan fingerprint density at radius 3 is 2.67 bits per heavy atom. The molecule has 5 nitrogen and oxygen atoms in total. The largest absolute Gasteiger partial charge is 0.486 e. The van der Waals surface area contributed by atoms with Crippen LogP contribution in [0.3, 0.4) is 0 Å². The molecule has 21 heavy (non-hydrogen) atoms. The lowest BCUT2D eigenvalue weighted by Gasteiger charge is -2.09. The third-order valence-electron chi connectivity index (χ3n) is 2.81. The summed E-state index contributed by atoms with van der Waals surface area (Å²) in [7, 11) is 0. The molecule has 0 unspecified atom stereocenters. The number of nitro benzene ring substituents is 1. The summed E-state index contributed by atoms with van der Waals surface area (Å²) in [5.41, 5.74) is 0.516. The van der Waals surface area contributed by atoms with Crippen molar-refractivity contribution in [3.8, 4) is 5.75 Å². The summed E-state index contributed by atoms with van der Waals surface area (Å²) in [6.07, 6.45) is 0. The quantitative estimate of drug-likeness (QED) is 0.678. The lowest BCUT2D eigenvalue weighted by molar-refractivity contribution is -0.385. The number of rotatable bonds is 5. The fourth-order valence-electron chi connectivity index (χ4n) is 1.74. The van der Waals surface area contributed by atoms with E-state index in [1.807, 2.05) is 0 Å². The molecule has 0 atom stereocenters. The first-order chi connectivity index (χ1) is 10.0. The van der Waals surface area contributed by atoms with Gasteiger partial charge in [0.25, 0.3) is 5.69 Å². The molecular weight excluding hydrogens is 301 g/mol. The topological polar surface area (TPSA) is 72.6 Å². The van der Waals surface area contributed by atoms with Crippen LogP contribution in [0, 0.1) is 15.9 Å². The van der Waals surface area contributed by atoms with Gasteiger partial charge in [-0.2, -0.15) is 0 Å². The average molecular weight is 312 g/mol. The van der Waals surface area contributed by atoms with E-state index in [4.69, 9.17) is 21.4 Å². The van der Waals surface area contributed by atoms with Crippen molar-refractivity contribution in [2.45, 2.75) is 13.2 Å². The first-order valence-corrected chi connectivity index (χ1v) is 6.34. The lowest BCUT2D eigenvalue weighted by Crippen LogP contribution is -2.02. The van der Waals surface area contributed by atoms with Crippen LogP contribution in [0.4, 0.5) is 10.1 Å². The second-order valence-electron chi connectivity index (χ2n) is 4.24. The smallest absolute Gasteiger partial charge is 0.277 e. The van der Waals surface area contributed by atoms with Crippen LogP contribution in [0.5, 0.6) is 5.75 Å². The summed E-state index contributed by atoms with van der Waals surface area (Å²) in [4.78, 5) is 10.4. The third kappa shape index (κ3) is 3.68. The Labute approximate surface area is 124 Å². The van der Waals surface area contributed by atoms with E-state index in [2.05, 4.69) is 0 Å². The van der Waals surface area contributed by atoms with Crippen LogP contribution in [0.1, 0.15) is 11.1 Å². The monoisotopic (exact) mass is 311 g/mol. The molecule has 0 fully saturated rings. The molecule has 0 saturated carbocycles. The van der Waals surface area contributed by atoms with E-state index < -0.39 is 10.7 Å². The summed E-state index contributed by atoms with van der Waals surface area (Å²) in [5, 5.41) is 20.1. The summed E-state index contributed by atoms with van der Waals surface area (Å²) in [5.74, 6) is -0.686. The minimum atomic E-state index is -0.641. The number of hydrogen-bond donors (Lipinski definition) is 1. The predicted octanol–water partition coefficient (Wildman–Crippen LogP) is 3.46. The van der Waals surface area contributed by atoms with Crippen molar-refractivity contribution in [3.63, 3.8) is 0 Å². The highest BCUT2D eigenvalue weighted by Crippen LogP contribution is 2.26. The van der Waals surface area contributed by atoms with E-state index in [9.17, 15) is 14.5 Å². The molecule has 110 valence electrons. The predicted molar refractivity (Wildman–Crippen MR) is 74.8 cm³/mol. The van der Waals surface area contributed by atoms with Crippen LogP contribution in [-0.2, 0) is 13.2 Å². The summed E-state index contributed by atoms with van der Waals surface area (Å²) in [6.45, 7) is -0.442. The Balaban J connectivity index is 2.18. The molecule has 0 aliphatic rings. The molecule has 0 aromatic heterocycles. The molecule has 7 heteroatoms. The zero-order chi connectivity index (χ0) is 15.4. The van der Waals surface area contributed by atoms with Crippen molar-refractivity contribution in [3.05, 3.63) is 68.5 Å². The molecule has 0 spiro atoms. The van der Waals surface area contributed by atoms with Crippen LogP contribution >= 0.6 is 11.6 Å². The van der Waals surface area contributed by atoms with Gasteiger partial charge in [-0.3, -0.25) is 10.1 Å². The minimum Gasteiger partial charge on any atom is -0.486 e. The maximum Gasteiger partial charge on any atom is 0.277 e. The van der Waals surface area contributed by atoms with Gasteiger partial charge < -0.3 is 9.84 Å². The number of aliphatic hydroxyl groups excluding tert-OH is 1. The summed E-state index contributed by atoms with van der Waals surface area (Å²) in [6, 6.07) is 8.19. The van der Waals surface area contributed by atoms with Gasteiger partial charge in [0.1, 0.15) is 6.61 Å². The number of hydrogen-bond acceptors (Lipinski definition) is 4. The number of aliphatic hydroxyl groups is 1. The van der Waals surface area contributed by atoms with Crippen LogP contribution in [-0.4, -0.2) is 10.0 Å². The second-order valence-corrected chi connectivity index (χ2v) is 4.68. The Hall–Kier alpha value is -2.18. The number of ether oxygens (including phenoxy) is 1. The minimum absolute atomic E-state index is 0.0450. The van der Waals surface area contributed by atoms with E-state index in [-0.39, 0.29) is 35.2 Å². The molecule has 0 aliphatic carbocycles. The van der Waals surface area contributed by atoms with E-state index >= 15 is 0 Å². The maximum absolute atomic E-state index is 13.7. The molecule has 2 aromatic carbocycles. The van der Waals surface area contributed by atoms with Gasteiger partial charge in [-0.15, -0.1) is 0 Å². The van der Waals surface area contributed by atoms with Gasteiger partial charge in [0.2, 0.25) is 0 Å². The maximum atomic E-state index is 13.7. The van der Waals surface area contributed by atoms with Gasteiger partial charge in [0.05, 0.1) is 17.1 Å². The van der Waals surface area contributed by atoms with E-state index in [1.165, 1.54) is 30.3 Å². The Bertz CT molecular complexity index is 678. The van der Waals surface area contributed by atoms with Gasteiger partial charge in [-0.1, -0.05) is 17.7 Å². The highest BCUT2D eigenvalue weighted by atomic mass is 35.5. The van der Waals surface area contributed by atoms with Crippen molar-refractivity contribution in [2.75, 3.05) is 0 Å². The Kier molecular flexibility index (Phi) is 4.72. The van der Waals surface area contributed by atoms with Crippen LogP contribution in [0.25, 0.3) is 0 Å². The molecule has 0 bridgehead atoms. The molecule has 2 rings (SSSR count). The van der Waals surface area contributed by atoms with Crippen LogP contribution < -0.4 is 4.74 Å². The molecule has 0 aliphatic heterocycles. The summed E-state index contributed by atoms with van der Waals surface area (Å²) < 4.78 is 18.9. The van der Waals surface area contributed by atoms with Crippen molar-refractivity contribution in [2.24, 2.45) is 0 Å². The molecule has 1 N–H and O–H groups in total. The third-order valence-corrected chi connectivity index (χ3v) is 3.04. The van der Waals surface area contributed by atoms with Gasteiger partial charge in [-0.05, 0) is 29.8 Å². The molecule has 0 amide bonds. The fourth-order valence-corrected chi connectivity index (χ4v) is 1.91. The Morgan fingerprint density at radius 1 is 1.29 bits per heavy atom. The standard InChI is InChI=1S/C14H11ClFNO4/c15-11-3-2-10(13(6-11)17(19)20)8-21-14-4-1-9(7-18)5-12(14)16/h1-6,18H,7-8H2. The lowest BCUT2D eigenvalue weighted by atomic mass is 10.2. The van der Waals surface area contributed by atoms with Gasteiger partial charge in [0.15, 0.2) is 11.6 Å². The van der Waals surface area contributed by atoms with Gasteiger partial charge in [0, 0.05) is 11.1 Å². The number of nitro groups is 1. The van der Waals surface area contributed by atoms with Crippen molar-refractivity contribution in [1.82, 2.24) is 0 Å². The molecule has 2 aromatic rings. The normalized spacial score (nSPS) is 10.4. The number of nitrogens with zero attached hydrogens (tertiary/aromatic N) is 1. The SMILES string of the molecule is O=[N+]([O-])c1cc(Cl)ccc1COc1ccc(CO)cc1F. The average Bonchev–Trinajstić information content (AvgIpc) is 2.46. The van der Waals surface area contributed by atoms with E-state index in [0.717, 1.165) is 6.07 Å². The number of halogens is 2. The van der Waals surface area contributed by atoms with Crippen LogP contribution in [0.2, 0.25) is 5.02 Å².